The molecular weight excluding hydrogens is 480 g/mol. The minimum atomic E-state index is -1.29. The maximum absolute atomic E-state index is 13.5. The Morgan fingerprint density at radius 1 is 0.917 bits per heavy atom. The quantitative estimate of drug-likeness (QED) is 0.446. The van der Waals surface area contributed by atoms with E-state index in [1.54, 1.807) is 47.5 Å². The molecule has 1 aliphatic rings. The van der Waals surface area contributed by atoms with E-state index < -0.39 is 11.5 Å². The number of piperazine rings is 1. The molecule has 1 fully saturated rings. The predicted octanol–water partition coefficient (Wildman–Crippen LogP) is 3.76. The number of pyridine rings is 2. The van der Waals surface area contributed by atoms with Crippen LogP contribution in [0.15, 0.2) is 77.7 Å². The van der Waals surface area contributed by atoms with Gasteiger partial charge in [0, 0.05) is 48.3 Å². The van der Waals surface area contributed by atoms with Crippen molar-refractivity contribution in [2.75, 3.05) is 31.1 Å². The van der Waals surface area contributed by atoms with E-state index in [1.807, 2.05) is 35.2 Å². The van der Waals surface area contributed by atoms with E-state index in [0.29, 0.717) is 53.5 Å². The lowest BCUT2D eigenvalue weighted by atomic mass is 10.1. The molecule has 36 heavy (non-hydrogen) atoms. The molecule has 0 saturated carbocycles. The molecule has 1 amide bonds. The van der Waals surface area contributed by atoms with Crippen LogP contribution in [0.1, 0.15) is 26.3 Å². The summed E-state index contributed by atoms with van der Waals surface area (Å²) in [5, 5.41) is 11.2. The molecule has 8 nitrogen and oxygen atoms in total. The molecule has 4 aromatic rings. The summed E-state index contributed by atoms with van der Waals surface area (Å²) in [5.41, 5.74) is 1.28. The van der Waals surface area contributed by atoms with Gasteiger partial charge in [-0.3, -0.25) is 14.2 Å². The minimum Gasteiger partial charge on any atom is -0.477 e. The van der Waals surface area contributed by atoms with E-state index in [2.05, 4.69) is 4.98 Å². The zero-order valence-electron chi connectivity index (χ0n) is 19.3. The van der Waals surface area contributed by atoms with Crippen molar-refractivity contribution in [1.82, 2.24) is 14.5 Å². The van der Waals surface area contributed by atoms with Gasteiger partial charge in [-0.15, -0.1) is 0 Å². The van der Waals surface area contributed by atoms with Crippen LogP contribution in [0, 0.1) is 0 Å². The van der Waals surface area contributed by atoms with Crippen LogP contribution in [0.3, 0.4) is 0 Å². The number of carboxylic acid groups (broad SMARTS) is 1. The van der Waals surface area contributed by atoms with Gasteiger partial charge >= 0.3 is 5.97 Å². The van der Waals surface area contributed by atoms with Gasteiger partial charge in [0.2, 0.25) is 0 Å². The van der Waals surface area contributed by atoms with Crippen LogP contribution in [-0.2, 0) is 6.54 Å². The number of benzene rings is 2. The van der Waals surface area contributed by atoms with Gasteiger partial charge in [0.25, 0.3) is 11.5 Å². The number of aromatic nitrogens is 2. The summed E-state index contributed by atoms with van der Waals surface area (Å²) >= 11 is 5.93. The molecule has 1 aliphatic heterocycles. The number of carbonyl (C=O) groups excluding carboxylic acids is 1. The molecule has 0 radical (unpaired) electrons. The highest BCUT2D eigenvalue weighted by Crippen LogP contribution is 2.29. The van der Waals surface area contributed by atoms with Crippen molar-refractivity contribution in [3.63, 3.8) is 0 Å². The van der Waals surface area contributed by atoms with E-state index in [1.165, 1.54) is 4.57 Å². The van der Waals surface area contributed by atoms with Crippen LogP contribution < -0.4 is 10.5 Å². The molecule has 2 aromatic carbocycles. The van der Waals surface area contributed by atoms with Gasteiger partial charge in [0.05, 0.1) is 12.2 Å². The normalized spacial score (nSPS) is 13.7. The average molecular weight is 503 g/mol. The first-order valence-electron chi connectivity index (χ1n) is 11.5. The number of hydrogen-bond acceptors (Lipinski definition) is 5. The molecule has 1 saturated heterocycles. The number of halogens is 1. The number of fused-ring (bicyclic) bond motifs is 1. The van der Waals surface area contributed by atoms with Crippen LogP contribution in [0.25, 0.3) is 11.0 Å². The van der Waals surface area contributed by atoms with Gasteiger partial charge in [-0.2, -0.15) is 0 Å². The molecule has 0 atom stereocenters. The Bertz CT molecular complexity index is 1490. The average Bonchev–Trinajstić information content (AvgIpc) is 2.90. The maximum atomic E-state index is 13.5. The molecule has 182 valence electrons. The van der Waals surface area contributed by atoms with Crippen molar-refractivity contribution in [2.45, 2.75) is 6.54 Å². The zero-order valence-corrected chi connectivity index (χ0v) is 20.1. The number of anilines is 1. The topological polar surface area (TPSA) is 95.7 Å². The fourth-order valence-electron chi connectivity index (χ4n) is 4.61. The van der Waals surface area contributed by atoms with Gasteiger partial charge < -0.3 is 14.9 Å². The van der Waals surface area contributed by atoms with E-state index >= 15 is 0 Å². The van der Waals surface area contributed by atoms with Crippen molar-refractivity contribution in [3.8, 4) is 0 Å². The number of carboxylic acids is 1. The fourth-order valence-corrected chi connectivity index (χ4v) is 4.73. The second-order valence-electron chi connectivity index (χ2n) is 8.57. The molecule has 0 aliphatic carbocycles. The third-order valence-electron chi connectivity index (χ3n) is 6.36. The molecular formula is C27H23ClN4O4. The number of carbonyl (C=O) groups is 2. The molecule has 2 aromatic heterocycles. The van der Waals surface area contributed by atoms with Crippen LogP contribution >= 0.6 is 11.6 Å². The van der Waals surface area contributed by atoms with Gasteiger partial charge in [0.1, 0.15) is 11.2 Å². The molecule has 1 N–H and O–H groups in total. The standard InChI is InChI=1S/C27H23ClN4O4/c28-20-10-8-19(9-11-20)25(33)31-15-13-30(14-16-31)23-21-7-4-12-29-24(21)32(26(34)22(23)27(35)36)17-18-5-2-1-3-6-18/h1-12H,13-17H2,(H,35,36). The van der Waals surface area contributed by atoms with Crippen molar-refractivity contribution in [1.29, 1.82) is 0 Å². The Hall–Kier alpha value is -4.17. The summed E-state index contributed by atoms with van der Waals surface area (Å²) in [6.45, 7) is 1.74. The second kappa shape index (κ2) is 9.83. The van der Waals surface area contributed by atoms with Crippen LogP contribution in [0.5, 0.6) is 0 Å². The smallest absolute Gasteiger partial charge is 0.343 e. The predicted molar refractivity (Wildman–Crippen MR) is 138 cm³/mol. The van der Waals surface area contributed by atoms with Crippen molar-refractivity contribution in [3.05, 3.63) is 105 Å². The van der Waals surface area contributed by atoms with Gasteiger partial charge in [-0.1, -0.05) is 41.9 Å². The number of nitrogens with zero attached hydrogens (tertiary/aromatic N) is 4. The van der Waals surface area contributed by atoms with Gasteiger partial charge in [-0.05, 0) is 42.0 Å². The van der Waals surface area contributed by atoms with Crippen LogP contribution in [-0.4, -0.2) is 57.6 Å². The van der Waals surface area contributed by atoms with E-state index in [-0.39, 0.29) is 18.0 Å². The number of aromatic carboxylic acids is 1. The highest BCUT2D eigenvalue weighted by molar-refractivity contribution is 6.30. The summed E-state index contributed by atoms with van der Waals surface area (Å²) in [7, 11) is 0. The van der Waals surface area contributed by atoms with E-state index in [0.717, 1.165) is 5.56 Å². The SMILES string of the molecule is O=C(O)c1c(N2CCN(C(=O)c3ccc(Cl)cc3)CC2)c2cccnc2n(Cc2ccccc2)c1=O. The Balaban J connectivity index is 1.51. The van der Waals surface area contributed by atoms with Gasteiger partial charge in [-0.25, -0.2) is 9.78 Å². The first-order chi connectivity index (χ1) is 17.4. The Morgan fingerprint density at radius 2 is 1.61 bits per heavy atom. The maximum Gasteiger partial charge on any atom is 0.343 e. The summed E-state index contributed by atoms with van der Waals surface area (Å²) in [6.07, 6.45) is 1.59. The lowest BCUT2D eigenvalue weighted by Gasteiger charge is -2.37. The minimum absolute atomic E-state index is 0.116. The second-order valence-corrected chi connectivity index (χ2v) is 9.00. The monoisotopic (exact) mass is 502 g/mol. The first kappa shape index (κ1) is 23.6. The molecule has 0 bridgehead atoms. The van der Waals surface area contributed by atoms with Crippen LogP contribution in [0.4, 0.5) is 5.69 Å². The van der Waals surface area contributed by atoms with Crippen molar-refractivity contribution >= 4 is 40.2 Å². The molecule has 0 unspecified atom stereocenters. The van der Waals surface area contributed by atoms with Gasteiger partial charge in [0.15, 0.2) is 0 Å². The summed E-state index contributed by atoms with van der Waals surface area (Å²) in [4.78, 5) is 46.9. The molecule has 5 rings (SSSR count). The number of rotatable bonds is 5. The number of amides is 1. The summed E-state index contributed by atoms with van der Waals surface area (Å²) in [5.74, 6) is -1.41. The lowest BCUT2D eigenvalue weighted by Crippen LogP contribution is -2.49. The fraction of sp³-hybridized carbons (Fsp3) is 0.185. The largest absolute Gasteiger partial charge is 0.477 e. The highest BCUT2D eigenvalue weighted by atomic mass is 35.5. The van der Waals surface area contributed by atoms with E-state index in [4.69, 9.17) is 11.6 Å². The molecule has 0 spiro atoms. The first-order valence-corrected chi connectivity index (χ1v) is 11.9. The lowest BCUT2D eigenvalue weighted by molar-refractivity contribution is 0.0690. The Morgan fingerprint density at radius 3 is 2.28 bits per heavy atom. The Labute approximate surface area is 212 Å². The summed E-state index contributed by atoms with van der Waals surface area (Å²) in [6, 6.07) is 19.6. The summed E-state index contributed by atoms with van der Waals surface area (Å²) < 4.78 is 1.41. The zero-order chi connectivity index (χ0) is 25.2. The third kappa shape index (κ3) is 4.43. The van der Waals surface area contributed by atoms with Crippen molar-refractivity contribution < 1.29 is 14.7 Å². The molecule has 9 heteroatoms. The molecule has 3 heterocycles. The van der Waals surface area contributed by atoms with E-state index in [9.17, 15) is 19.5 Å². The van der Waals surface area contributed by atoms with Crippen molar-refractivity contribution in [2.24, 2.45) is 0 Å². The van der Waals surface area contributed by atoms with Crippen LogP contribution in [0.2, 0.25) is 5.02 Å². The number of hydrogen-bond donors (Lipinski definition) is 1. The highest BCUT2D eigenvalue weighted by Gasteiger charge is 2.30. The third-order valence-corrected chi connectivity index (χ3v) is 6.62. The Kier molecular flexibility index (Phi) is 6.43.